The Morgan fingerprint density at radius 3 is 2.55 bits per heavy atom. The monoisotopic (exact) mass is 312 g/mol. The Kier molecular flexibility index (Phi) is 4.47. The minimum atomic E-state index is 0.482. The zero-order valence-corrected chi connectivity index (χ0v) is 12.6. The highest BCUT2D eigenvalue weighted by Gasteiger charge is 2.05. The summed E-state index contributed by atoms with van der Waals surface area (Å²) in [6.45, 7) is 0.712. The third-order valence-corrected chi connectivity index (χ3v) is 3.80. The van der Waals surface area contributed by atoms with E-state index in [0.29, 0.717) is 24.1 Å². The fourth-order valence-corrected chi connectivity index (χ4v) is 2.55. The molecule has 7 heteroatoms. The number of anilines is 4. The van der Waals surface area contributed by atoms with Crippen LogP contribution < -0.4 is 21.9 Å². The predicted molar refractivity (Wildman–Crippen MR) is 91.2 cm³/mol. The van der Waals surface area contributed by atoms with Crippen molar-refractivity contribution in [3.63, 3.8) is 0 Å². The number of para-hydroxylation sites is 1. The average Bonchev–Trinajstić information content (AvgIpc) is 3.07. The molecule has 2 aromatic heterocycles. The number of hydrazine groups is 1. The largest absolute Gasteiger partial charge is 0.365 e. The van der Waals surface area contributed by atoms with Gasteiger partial charge in [-0.05, 0) is 23.6 Å². The first-order chi connectivity index (χ1) is 10.8. The van der Waals surface area contributed by atoms with Gasteiger partial charge in [-0.3, -0.25) is 0 Å². The summed E-state index contributed by atoms with van der Waals surface area (Å²) in [7, 11) is 0. The van der Waals surface area contributed by atoms with E-state index in [0.717, 1.165) is 5.69 Å². The normalized spacial score (nSPS) is 10.2. The second-order valence-corrected chi connectivity index (χ2v) is 5.56. The van der Waals surface area contributed by atoms with Crippen LogP contribution in [-0.2, 0) is 6.54 Å². The molecule has 0 amide bonds. The second-order valence-electron chi connectivity index (χ2n) is 4.53. The van der Waals surface area contributed by atoms with Gasteiger partial charge in [0.15, 0.2) is 0 Å². The minimum absolute atomic E-state index is 0.482. The van der Waals surface area contributed by atoms with Crippen LogP contribution in [0.3, 0.4) is 0 Å². The van der Waals surface area contributed by atoms with Gasteiger partial charge in [-0.25, -0.2) is 5.84 Å². The Labute approximate surface area is 132 Å². The van der Waals surface area contributed by atoms with Crippen molar-refractivity contribution >= 4 is 34.6 Å². The summed E-state index contributed by atoms with van der Waals surface area (Å²) in [6.07, 6.45) is 0. The van der Waals surface area contributed by atoms with Gasteiger partial charge in [0, 0.05) is 16.6 Å². The van der Waals surface area contributed by atoms with Gasteiger partial charge in [-0.1, -0.05) is 24.3 Å². The fraction of sp³-hybridized carbons (Fsp3) is 0.0667. The number of nitrogens with zero attached hydrogens (tertiary/aromatic N) is 2. The molecule has 112 valence electrons. The fourth-order valence-electron chi connectivity index (χ4n) is 1.91. The van der Waals surface area contributed by atoms with Gasteiger partial charge >= 0.3 is 0 Å². The van der Waals surface area contributed by atoms with Crippen LogP contribution in [0.4, 0.5) is 23.3 Å². The zero-order valence-electron chi connectivity index (χ0n) is 11.8. The van der Waals surface area contributed by atoms with E-state index < -0.39 is 0 Å². The van der Waals surface area contributed by atoms with Crippen molar-refractivity contribution in [1.82, 2.24) is 9.97 Å². The Bertz CT molecular complexity index is 714. The van der Waals surface area contributed by atoms with E-state index in [1.54, 1.807) is 17.4 Å². The van der Waals surface area contributed by atoms with Gasteiger partial charge in [-0.15, -0.1) is 11.3 Å². The molecule has 0 aliphatic rings. The quantitative estimate of drug-likeness (QED) is 0.413. The van der Waals surface area contributed by atoms with Gasteiger partial charge in [0.25, 0.3) is 0 Å². The van der Waals surface area contributed by atoms with Crippen LogP contribution in [0.5, 0.6) is 0 Å². The summed E-state index contributed by atoms with van der Waals surface area (Å²) in [5.74, 6) is 7.21. The summed E-state index contributed by atoms with van der Waals surface area (Å²) in [4.78, 5) is 9.98. The molecule has 1 aromatic carbocycles. The molecule has 3 aromatic rings. The summed E-state index contributed by atoms with van der Waals surface area (Å²) < 4.78 is 0. The molecule has 0 saturated carbocycles. The van der Waals surface area contributed by atoms with Crippen LogP contribution in [0.2, 0.25) is 0 Å². The topological polar surface area (TPSA) is 87.9 Å². The van der Waals surface area contributed by atoms with E-state index in [-0.39, 0.29) is 0 Å². The molecule has 0 saturated heterocycles. The number of hydrogen-bond donors (Lipinski definition) is 4. The summed E-state index contributed by atoms with van der Waals surface area (Å²) in [5, 5.41) is 8.48. The number of benzene rings is 1. The van der Waals surface area contributed by atoms with E-state index in [4.69, 9.17) is 5.84 Å². The Morgan fingerprint density at radius 2 is 1.82 bits per heavy atom. The van der Waals surface area contributed by atoms with Gasteiger partial charge in [0.2, 0.25) is 5.95 Å². The molecule has 0 fully saturated rings. The third-order valence-electron chi connectivity index (χ3n) is 2.93. The maximum atomic E-state index is 5.48. The highest BCUT2D eigenvalue weighted by atomic mass is 32.1. The first-order valence-corrected chi connectivity index (χ1v) is 7.65. The molecule has 2 heterocycles. The van der Waals surface area contributed by atoms with Crippen LogP contribution >= 0.6 is 11.3 Å². The molecule has 6 nitrogen and oxygen atoms in total. The van der Waals surface area contributed by atoms with E-state index in [2.05, 4.69) is 32.1 Å². The molecule has 3 rings (SSSR count). The summed E-state index contributed by atoms with van der Waals surface area (Å²) in [5.41, 5.74) is 3.48. The van der Waals surface area contributed by atoms with E-state index >= 15 is 0 Å². The summed E-state index contributed by atoms with van der Waals surface area (Å²) >= 11 is 1.70. The van der Waals surface area contributed by atoms with Crippen LogP contribution in [-0.4, -0.2) is 9.97 Å². The lowest BCUT2D eigenvalue weighted by Crippen LogP contribution is -2.12. The van der Waals surface area contributed by atoms with Crippen molar-refractivity contribution in [3.8, 4) is 0 Å². The van der Waals surface area contributed by atoms with Gasteiger partial charge in [0.1, 0.15) is 11.6 Å². The lowest BCUT2D eigenvalue weighted by atomic mass is 10.3. The van der Waals surface area contributed by atoms with Crippen molar-refractivity contribution in [2.24, 2.45) is 5.84 Å². The number of nitrogen functional groups attached to an aromatic ring is 1. The molecular weight excluding hydrogens is 296 g/mol. The highest BCUT2D eigenvalue weighted by Crippen LogP contribution is 2.19. The van der Waals surface area contributed by atoms with Gasteiger partial charge < -0.3 is 16.1 Å². The third kappa shape index (κ3) is 3.72. The number of nitrogens with one attached hydrogen (secondary N) is 3. The van der Waals surface area contributed by atoms with Gasteiger partial charge in [0.05, 0.1) is 6.54 Å². The molecule has 22 heavy (non-hydrogen) atoms. The maximum Gasteiger partial charge on any atom is 0.231 e. The van der Waals surface area contributed by atoms with Crippen molar-refractivity contribution < 1.29 is 0 Å². The first kappa shape index (κ1) is 14.3. The van der Waals surface area contributed by atoms with Crippen LogP contribution in [0.1, 0.15) is 4.88 Å². The molecule has 0 unspecified atom stereocenters. The molecule has 5 N–H and O–H groups in total. The standard InChI is InChI=1S/C15H16N6S/c16-21-14-9-13(17-10-12-7-4-8-22-12)19-15(20-14)18-11-5-2-1-3-6-11/h1-9H,10,16H2,(H3,17,18,19,20,21). The van der Waals surface area contributed by atoms with Crippen LogP contribution in [0.25, 0.3) is 0 Å². The molecular formula is C15H16N6S. The lowest BCUT2D eigenvalue weighted by Gasteiger charge is -2.10. The number of thiophene rings is 1. The van der Waals surface area contributed by atoms with E-state index in [9.17, 15) is 0 Å². The molecule has 0 aliphatic carbocycles. The predicted octanol–water partition coefficient (Wildman–Crippen LogP) is 3.18. The average molecular weight is 312 g/mol. The highest BCUT2D eigenvalue weighted by molar-refractivity contribution is 7.09. The smallest absolute Gasteiger partial charge is 0.231 e. The van der Waals surface area contributed by atoms with Crippen LogP contribution in [0, 0.1) is 0 Å². The maximum absolute atomic E-state index is 5.48. The Morgan fingerprint density at radius 1 is 1.00 bits per heavy atom. The summed E-state index contributed by atoms with van der Waals surface area (Å²) in [6, 6.07) is 15.6. The molecule has 0 atom stereocenters. The Balaban J connectivity index is 1.76. The van der Waals surface area contributed by atoms with Gasteiger partial charge in [-0.2, -0.15) is 9.97 Å². The SMILES string of the molecule is NNc1cc(NCc2cccs2)nc(Nc2ccccc2)n1. The van der Waals surface area contributed by atoms with Crippen molar-refractivity contribution in [2.45, 2.75) is 6.54 Å². The minimum Gasteiger partial charge on any atom is -0.365 e. The van der Waals surface area contributed by atoms with Crippen molar-refractivity contribution in [1.29, 1.82) is 0 Å². The number of aromatic nitrogens is 2. The first-order valence-electron chi connectivity index (χ1n) is 6.77. The van der Waals surface area contributed by atoms with Crippen molar-refractivity contribution in [2.75, 3.05) is 16.1 Å². The van der Waals surface area contributed by atoms with E-state index in [1.165, 1.54) is 4.88 Å². The number of nitrogens with two attached hydrogens (primary N) is 1. The Hall–Kier alpha value is -2.64. The van der Waals surface area contributed by atoms with E-state index in [1.807, 2.05) is 41.8 Å². The molecule has 0 bridgehead atoms. The lowest BCUT2D eigenvalue weighted by molar-refractivity contribution is 1.09. The molecule has 0 spiro atoms. The second kappa shape index (κ2) is 6.88. The number of hydrogen-bond acceptors (Lipinski definition) is 7. The van der Waals surface area contributed by atoms with Crippen LogP contribution in [0.15, 0.2) is 53.9 Å². The number of rotatable bonds is 6. The van der Waals surface area contributed by atoms with Crippen molar-refractivity contribution in [3.05, 3.63) is 58.8 Å². The molecule has 0 aliphatic heterocycles. The zero-order chi connectivity index (χ0) is 15.2. The molecule has 0 radical (unpaired) electrons.